The minimum Gasteiger partial charge on any atom is -0.409 e. The Labute approximate surface area is 70.1 Å². The second-order valence-corrected chi connectivity index (χ2v) is 2.50. The first-order chi connectivity index (χ1) is 5.77. The largest absolute Gasteiger partial charge is 0.409 e. The van der Waals surface area contributed by atoms with Crippen molar-refractivity contribution in [2.24, 2.45) is 16.0 Å². The van der Waals surface area contributed by atoms with Crippen molar-refractivity contribution in [2.45, 2.75) is 12.5 Å². The number of nitrogens with one attached hydrogen (secondary N) is 1. The lowest BCUT2D eigenvalue weighted by Gasteiger charge is -2.04. The van der Waals surface area contributed by atoms with Crippen LogP contribution in [0.1, 0.15) is 6.42 Å². The Balaban J connectivity index is 2.51. The van der Waals surface area contributed by atoms with Gasteiger partial charge in [0.05, 0.1) is 11.8 Å². The van der Waals surface area contributed by atoms with Crippen LogP contribution in [0.25, 0.3) is 0 Å². The minimum absolute atomic E-state index is 0.121. The molecular weight excluding hydrogens is 160 g/mol. The lowest BCUT2D eigenvalue weighted by molar-refractivity contribution is 0.212. The Kier molecular flexibility index (Phi) is 2.87. The van der Waals surface area contributed by atoms with E-state index in [0.29, 0.717) is 13.0 Å². The monoisotopic (exact) mass is 172 g/mol. The molecule has 1 atom stereocenters. The molecule has 1 rings (SSSR count). The van der Waals surface area contributed by atoms with Crippen LogP contribution in [-0.4, -0.2) is 36.5 Å². The predicted molar refractivity (Wildman–Crippen MR) is 44.3 cm³/mol. The highest BCUT2D eigenvalue weighted by Crippen LogP contribution is 2.03. The molecule has 6 nitrogen and oxygen atoms in total. The van der Waals surface area contributed by atoms with Crippen LogP contribution in [0.5, 0.6) is 0 Å². The molecule has 0 aromatic carbocycles. The summed E-state index contributed by atoms with van der Waals surface area (Å²) in [6.07, 6.45) is 0.629. The Morgan fingerprint density at radius 2 is 2.58 bits per heavy atom. The molecule has 6 heteroatoms. The van der Waals surface area contributed by atoms with Crippen molar-refractivity contribution < 1.29 is 10.0 Å². The van der Waals surface area contributed by atoms with Gasteiger partial charge in [0.1, 0.15) is 7.11 Å². The molecule has 1 saturated heterocycles. The van der Waals surface area contributed by atoms with Crippen molar-refractivity contribution in [3.05, 3.63) is 0 Å². The van der Waals surface area contributed by atoms with Gasteiger partial charge in [-0.05, 0) is 0 Å². The number of nitrogens with two attached hydrogens (primary N) is 1. The first-order valence-electron chi connectivity index (χ1n) is 3.57. The molecular formula is C6H12N4O2. The Morgan fingerprint density at radius 1 is 1.83 bits per heavy atom. The van der Waals surface area contributed by atoms with Crippen LogP contribution in [0.2, 0.25) is 0 Å². The normalized spacial score (nSPS) is 27.9. The van der Waals surface area contributed by atoms with Crippen LogP contribution in [0, 0.1) is 0 Å². The number of hydrogen-bond donors (Lipinski definition) is 3. The Morgan fingerprint density at radius 3 is 3.17 bits per heavy atom. The maximum Gasteiger partial charge on any atom is 0.156 e. The number of amidine groups is 1. The SMILES string of the molecule is CON=C1CNC(/C(N)=N/O)C1. The number of oxime groups is 2. The van der Waals surface area contributed by atoms with Crippen LogP contribution in [0.15, 0.2) is 10.3 Å². The first-order valence-corrected chi connectivity index (χ1v) is 3.57. The van der Waals surface area contributed by atoms with Gasteiger partial charge in [0, 0.05) is 13.0 Å². The third-order valence-corrected chi connectivity index (χ3v) is 1.69. The number of nitrogens with zero attached hydrogens (tertiary/aromatic N) is 2. The molecule has 68 valence electrons. The number of hydrogen-bond acceptors (Lipinski definition) is 5. The molecule has 1 fully saturated rings. The molecule has 1 unspecified atom stereocenters. The van der Waals surface area contributed by atoms with E-state index >= 15 is 0 Å². The zero-order valence-electron chi connectivity index (χ0n) is 6.82. The van der Waals surface area contributed by atoms with Gasteiger partial charge in [-0.15, -0.1) is 0 Å². The molecule has 0 spiro atoms. The maximum absolute atomic E-state index is 8.36. The van der Waals surface area contributed by atoms with Crippen molar-refractivity contribution in [1.82, 2.24) is 5.32 Å². The Hall–Kier alpha value is -1.30. The van der Waals surface area contributed by atoms with E-state index in [1.54, 1.807) is 0 Å². The molecule has 0 aromatic heterocycles. The van der Waals surface area contributed by atoms with E-state index in [9.17, 15) is 0 Å². The summed E-state index contributed by atoms with van der Waals surface area (Å²) in [6, 6.07) is -0.121. The second kappa shape index (κ2) is 3.91. The molecule has 0 radical (unpaired) electrons. The lowest BCUT2D eigenvalue weighted by atomic mass is 10.2. The average Bonchev–Trinajstić information content (AvgIpc) is 2.52. The van der Waals surface area contributed by atoms with E-state index in [-0.39, 0.29) is 11.9 Å². The van der Waals surface area contributed by atoms with Gasteiger partial charge in [-0.3, -0.25) is 0 Å². The minimum atomic E-state index is -0.121. The summed E-state index contributed by atoms with van der Waals surface area (Å²) in [7, 11) is 1.49. The van der Waals surface area contributed by atoms with E-state index in [1.165, 1.54) is 7.11 Å². The fourth-order valence-corrected chi connectivity index (χ4v) is 1.10. The number of rotatable bonds is 2. The molecule has 0 bridgehead atoms. The fraction of sp³-hybridized carbons (Fsp3) is 0.667. The highest BCUT2D eigenvalue weighted by atomic mass is 16.6. The van der Waals surface area contributed by atoms with Crippen LogP contribution >= 0.6 is 0 Å². The quantitative estimate of drug-likeness (QED) is 0.218. The Bertz CT molecular complexity index is 214. The van der Waals surface area contributed by atoms with E-state index in [0.717, 1.165) is 5.71 Å². The predicted octanol–water partition coefficient (Wildman–Crippen LogP) is -0.903. The van der Waals surface area contributed by atoms with Gasteiger partial charge >= 0.3 is 0 Å². The molecule has 0 aromatic rings. The highest BCUT2D eigenvalue weighted by Gasteiger charge is 2.23. The molecule has 1 aliphatic heterocycles. The van der Waals surface area contributed by atoms with E-state index in [4.69, 9.17) is 10.9 Å². The third-order valence-electron chi connectivity index (χ3n) is 1.69. The van der Waals surface area contributed by atoms with Gasteiger partial charge in [-0.1, -0.05) is 10.3 Å². The van der Waals surface area contributed by atoms with Crippen molar-refractivity contribution in [2.75, 3.05) is 13.7 Å². The summed E-state index contributed by atoms with van der Waals surface area (Å²) < 4.78 is 0. The van der Waals surface area contributed by atoms with Gasteiger partial charge in [-0.2, -0.15) is 0 Å². The summed E-state index contributed by atoms with van der Waals surface area (Å²) in [5.41, 5.74) is 6.25. The van der Waals surface area contributed by atoms with Gasteiger partial charge in [0.2, 0.25) is 0 Å². The van der Waals surface area contributed by atoms with Crippen molar-refractivity contribution in [1.29, 1.82) is 0 Å². The zero-order chi connectivity index (χ0) is 8.97. The molecule has 1 aliphatic rings. The van der Waals surface area contributed by atoms with E-state index < -0.39 is 0 Å². The van der Waals surface area contributed by atoms with Crippen molar-refractivity contribution in [3.63, 3.8) is 0 Å². The third kappa shape index (κ3) is 1.85. The van der Waals surface area contributed by atoms with Crippen LogP contribution in [0.4, 0.5) is 0 Å². The standard InChI is InChI=1S/C6H12N4O2/c1-12-10-4-2-5(8-3-4)6(7)9-11/h5,8,11H,2-3H2,1H3,(H2,7,9). The van der Waals surface area contributed by atoms with E-state index in [2.05, 4.69) is 20.5 Å². The molecule has 12 heavy (non-hydrogen) atoms. The van der Waals surface area contributed by atoms with E-state index in [1.807, 2.05) is 0 Å². The van der Waals surface area contributed by atoms with Gasteiger partial charge in [-0.25, -0.2) is 0 Å². The van der Waals surface area contributed by atoms with Crippen LogP contribution in [0.3, 0.4) is 0 Å². The average molecular weight is 172 g/mol. The molecule has 0 saturated carbocycles. The van der Waals surface area contributed by atoms with Gasteiger partial charge in [0.25, 0.3) is 0 Å². The summed E-state index contributed by atoms with van der Waals surface area (Å²) in [6.45, 7) is 0.620. The summed E-state index contributed by atoms with van der Waals surface area (Å²) in [5, 5.41) is 18.0. The summed E-state index contributed by atoms with van der Waals surface area (Å²) in [5.74, 6) is 0.177. The first kappa shape index (κ1) is 8.79. The van der Waals surface area contributed by atoms with Crippen LogP contribution < -0.4 is 11.1 Å². The second-order valence-electron chi connectivity index (χ2n) is 2.50. The molecule has 4 N–H and O–H groups in total. The molecule has 1 heterocycles. The van der Waals surface area contributed by atoms with Gasteiger partial charge < -0.3 is 21.1 Å². The highest BCUT2D eigenvalue weighted by molar-refractivity contribution is 5.97. The smallest absolute Gasteiger partial charge is 0.156 e. The molecule has 0 aliphatic carbocycles. The summed E-state index contributed by atoms with van der Waals surface area (Å²) >= 11 is 0. The molecule has 0 amide bonds. The lowest BCUT2D eigenvalue weighted by Crippen LogP contribution is -2.36. The van der Waals surface area contributed by atoms with Crippen molar-refractivity contribution >= 4 is 11.5 Å². The summed E-state index contributed by atoms with van der Waals surface area (Å²) in [4.78, 5) is 4.59. The fourth-order valence-electron chi connectivity index (χ4n) is 1.10. The van der Waals surface area contributed by atoms with Crippen molar-refractivity contribution in [3.8, 4) is 0 Å². The van der Waals surface area contributed by atoms with Gasteiger partial charge in [0.15, 0.2) is 5.84 Å². The maximum atomic E-state index is 8.36. The van der Waals surface area contributed by atoms with Crippen LogP contribution in [-0.2, 0) is 4.84 Å². The zero-order valence-corrected chi connectivity index (χ0v) is 6.82. The topological polar surface area (TPSA) is 92.2 Å².